The molecule has 0 aliphatic rings. The largest absolute Gasteiger partial charge is 0.422 e. The van der Waals surface area contributed by atoms with Gasteiger partial charge in [-0.05, 0) is 48.5 Å². The van der Waals surface area contributed by atoms with E-state index in [0.717, 1.165) is 0 Å². The minimum atomic E-state index is -0.570. The Bertz CT molecular complexity index is 877. The molecule has 0 unspecified atom stereocenters. The zero-order valence-electron chi connectivity index (χ0n) is 12.5. The molecule has 0 radical (unpaired) electrons. The Morgan fingerprint density at radius 3 is 2.33 bits per heavy atom. The van der Waals surface area contributed by atoms with Crippen LogP contribution < -0.4 is 4.74 Å². The van der Waals surface area contributed by atoms with Crippen molar-refractivity contribution >= 4 is 23.4 Å². The van der Waals surface area contributed by atoms with E-state index in [9.17, 15) is 9.59 Å². The Hall–Kier alpha value is -2.98. The molecular formula is C19H12ClNO3. The predicted molar refractivity (Wildman–Crippen MR) is 90.5 cm³/mol. The summed E-state index contributed by atoms with van der Waals surface area (Å²) in [5.41, 5.74) is 1.08. The molecule has 0 bridgehead atoms. The van der Waals surface area contributed by atoms with E-state index in [1.807, 2.05) is 0 Å². The first-order valence-electron chi connectivity index (χ1n) is 7.16. The van der Waals surface area contributed by atoms with Crippen molar-refractivity contribution in [2.75, 3.05) is 0 Å². The molecule has 0 N–H and O–H groups in total. The fraction of sp³-hybridized carbons (Fsp3) is 0. The van der Waals surface area contributed by atoms with Crippen molar-refractivity contribution in [3.8, 4) is 5.75 Å². The number of carbonyl (C=O) groups is 2. The van der Waals surface area contributed by atoms with Crippen molar-refractivity contribution in [1.82, 2.24) is 4.98 Å². The Kier molecular flexibility index (Phi) is 4.68. The first-order valence-corrected chi connectivity index (χ1v) is 7.54. The van der Waals surface area contributed by atoms with Gasteiger partial charge in [0, 0.05) is 23.0 Å². The average molecular weight is 338 g/mol. The van der Waals surface area contributed by atoms with Gasteiger partial charge in [0.05, 0.1) is 11.1 Å². The third-order valence-electron chi connectivity index (χ3n) is 3.34. The smallest absolute Gasteiger partial charge is 0.345 e. The van der Waals surface area contributed by atoms with Crippen molar-refractivity contribution in [2.45, 2.75) is 0 Å². The Labute approximate surface area is 143 Å². The Morgan fingerprint density at radius 2 is 1.62 bits per heavy atom. The van der Waals surface area contributed by atoms with Crippen molar-refractivity contribution in [3.63, 3.8) is 0 Å². The number of rotatable bonds is 4. The second-order valence-corrected chi connectivity index (χ2v) is 5.40. The summed E-state index contributed by atoms with van der Waals surface area (Å²) in [6, 6.07) is 16.4. The molecule has 0 aliphatic carbocycles. The van der Waals surface area contributed by atoms with Gasteiger partial charge in [0.25, 0.3) is 0 Å². The lowest BCUT2D eigenvalue weighted by molar-refractivity contribution is 0.0732. The third kappa shape index (κ3) is 3.50. The zero-order valence-corrected chi connectivity index (χ0v) is 13.2. The molecule has 0 saturated heterocycles. The molecule has 3 rings (SSSR count). The lowest BCUT2D eigenvalue weighted by Crippen LogP contribution is -2.12. The normalized spacial score (nSPS) is 10.2. The van der Waals surface area contributed by atoms with Gasteiger partial charge in [-0.25, -0.2) is 4.79 Å². The zero-order chi connectivity index (χ0) is 16.9. The fourth-order valence-electron chi connectivity index (χ4n) is 2.14. The van der Waals surface area contributed by atoms with Gasteiger partial charge in [-0.15, -0.1) is 0 Å². The van der Waals surface area contributed by atoms with E-state index < -0.39 is 5.97 Å². The number of hydrogen-bond donors (Lipinski definition) is 0. The molecular weight excluding hydrogens is 326 g/mol. The van der Waals surface area contributed by atoms with E-state index in [1.165, 1.54) is 6.20 Å². The van der Waals surface area contributed by atoms with Gasteiger partial charge in [-0.1, -0.05) is 23.7 Å². The summed E-state index contributed by atoms with van der Waals surface area (Å²) in [4.78, 5) is 28.7. The van der Waals surface area contributed by atoms with E-state index in [4.69, 9.17) is 16.3 Å². The highest BCUT2D eigenvalue weighted by atomic mass is 35.5. The topological polar surface area (TPSA) is 56.3 Å². The van der Waals surface area contributed by atoms with Gasteiger partial charge in [0.1, 0.15) is 5.75 Å². The molecule has 5 heteroatoms. The summed E-state index contributed by atoms with van der Waals surface area (Å²) in [6.07, 6.45) is 2.97. The van der Waals surface area contributed by atoms with Crippen LogP contribution >= 0.6 is 11.6 Å². The fourth-order valence-corrected chi connectivity index (χ4v) is 2.27. The maximum absolute atomic E-state index is 12.6. The molecule has 1 heterocycles. The second kappa shape index (κ2) is 7.06. The average Bonchev–Trinajstić information content (AvgIpc) is 2.63. The number of esters is 1. The second-order valence-electron chi connectivity index (χ2n) is 4.96. The van der Waals surface area contributed by atoms with Crippen LogP contribution in [0.25, 0.3) is 0 Å². The molecule has 0 atom stereocenters. The van der Waals surface area contributed by atoms with Crippen LogP contribution in [0.3, 0.4) is 0 Å². The number of aromatic nitrogens is 1. The minimum absolute atomic E-state index is 0.200. The van der Waals surface area contributed by atoms with Gasteiger partial charge in [0.2, 0.25) is 0 Å². The first-order chi connectivity index (χ1) is 11.6. The molecule has 0 saturated carbocycles. The van der Waals surface area contributed by atoms with Crippen LogP contribution in [-0.2, 0) is 0 Å². The lowest BCUT2D eigenvalue weighted by Gasteiger charge is -2.09. The molecule has 0 amide bonds. The van der Waals surface area contributed by atoms with Gasteiger partial charge < -0.3 is 4.74 Å². The number of ether oxygens (including phenoxy) is 1. The van der Waals surface area contributed by atoms with E-state index in [-0.39, 0.29) is 11.5 Å². The highest BCUT2D eigenvalue weighted by molar-refractivity contribution is 6.30. The maximum atomic E-state index is 12.6. The monoisotopic (exact) mass is 337 g/mol. The number of halogens is 1. The molecule has 24 heavy (non-hydrogen) atoms. The van der Waals surface area contributed by atoms with E-state index in [1.54, 1.807) is 66.9 Å². The van der Waals surface area contributed by atoms with E-state index in [0.29, 0.717) is 21.7 Å². The molecule has 0 fully saturated rings. The summed E-state index contributed by atoms with van der Waals surface area (Å²) in [5.74, 6) is -0.619. The molecule has 0 spiro atoms. The molecule has 2 aromatic carbocycles. The summed E-state index contributed by atoms with van der Waals surface area (Å²) >= 11 is 5.84. The van der Waals surface area contributed by atoms with Crippen LogP contribution in [0.1, 0.15) is 26.3 Å². The standard InChI is InChI=1S/C19H12ClNO3/c20-15-9-7-13(8-10-15)18(22)16-5-1-2-6-17(16)24-19(23)14-4-3-11-21-12-14/h1-12H. The number of para-hydroxylation sites is 1. The van der Waals surface area contributed by atoms with E-state index in [2.05, 4.69) is 4.98 Å². The number of nitrogens with zero attached hydrogens (tertiary/aromatic N) is 1. The van der Waals surface area contributed by atoms with Gasteiger partial charge >= 0.3 is 5.97 Å². The molecule has 118 valence electrons. The van der Waals surface area contributed by atoms with Gasteiger partial charge in [-0.2, -0.15) is 0 Å². The first kappa shape index (κ1) is 15.9. The number of carbonyl (C=O) groups excluding carboxylic acids is 2. The molecule has 0 aliphatic heterocycles. The van der Waals surface area contributed by atoms with Crippen molar-refractivity contribution < 1.29 is 14.3 Å². The van der Waals surface area contributed by atoms with Crippen molar-refractivity contribution in [2.24, 2.45) is 0 Å². The molecule has 1 aromatic heterocycles. The van der Waals surface area contributed by atoms with E-state index >= 15 is 0 Å². The molecule has 3 aromatic rings. The number of benzene rings is 2. The Balaban J connectivity index is 1.89. The van der Waals surface area contributed by atoms with Crippen molar-refractivity contribution in [3.05, 3.63) is 94.8 Å². The maximum Gasteiger partial charge on any atom is 0.345 e. The van der Waals surface area contributed by atoms with Gasteiger partial charge in [0.15, 0.2) is 5.78 Å². The van der Waals surface area contributed by atoms with Crippen molar-refractivity contribution in [1.29, 1.82) is 0 Å². The van der Waals surface area contributed by atoms with Gasteiger partial charge in [-0.3, -0.25) is 9.78 Å². The summed E-state index contributed by atoms with van der Waals surface area (Å²) in [5, 5.41) is 0.544. The summed E-state index contributed by atoms with van der Waals surface area (Å²) < 4.78 is 5.37. The van der Waals surface area contributed by atoms with Crippen LogP contribution in [-0.4, -0.2) is 16.7 Å². The summed E-state index contributed by atoms with van der Waals surface area (Å²) in [7, 11) is 0. The van der Waals surface area contributed by atoms with Crippen LogP contribution in [0.15, 0.2) is 73.1 Å². The predicted octanol–water partition coefficient (Wildman–Crippen LogP) is 4.19. The quantitative estimate of drug-likeness (QED) is 0.407. The number of pyridine rings is 1. The van der Waals surface area contributed by atoms with Crippen LogP contribution in [0.4, 0.5) is 0 Å². The molecule has 4 nitrogen and oxygen atoms in total. The van der Waals surface area contributed by atoms with Crippen LogP contribution in [0.2, 0.25) is 5.02 Å². The number of ketones is 1. The highest BCUT2D eigenvalue weighted by Crippen LogP contribution is 2.23. The van der Waals surface area contributed by atoms with Crippen LogP contribution in [0, 0.1) is 0 Å². The highest BCUT2D eigenvalue weighted by Gasteiger charge is 2.17. The Morgan fingerprint density at radius 1 is 0.875 bits per heavy atom. The summed E-state index contributed by atoms with van der Waals surface area (Å²) in [6.45, 7) is 0. The third-order valence-corrected chi connectivity index (χ3v) is 3.59. The minimum Gasteiger partial charge on any atom is -0.422 e. The van der Waals surface area contributed by atoms with Crippen LogP contribution in [0.5, 0.6) is 5.75 Å². The lowest BCUT2D eigenvalue weighted by atomic mass is 10.0. The SMILES string of the molecule is O=C(Oc1ccccc1C(=O)c1ccc(Cl)cc1)c1cccnc1. The number of hydrogen-bond acceptors (Lipinski definition) is 4.